The summed E-state index contributed by atoms with van der Waals surface area (Å²) in [6.07, 6.45) is 9.57. The molecule has 0 spiro atoms. The Labute approximate surface area is 152 Å². The fourth-order valence-electron chi connectivity index (χ4n) is 3.45. The quantitative estimate of drug-likeness (QED) is 0.564. The Morgan fingerprint density at radius 3 is 2.88 bits per heavy atom. The average Bonchev–Trinajstić information content (AvgIpc) is 3.10. The van der Waals surface area contributed by atoms with Gasteiger partial charge in [0.15, 0.2) is 18.0 Å². The van der Waals surface area contributed by atoms with Crippen LogP contribution in [0.2, 0.25) is 0 Å². The van der Waals surface area contributed by atoms with E-state index in [0.29, 0.717) is 6.54 Å². The van der Waals surface area contributed by atoms with E-state index in [4.69, 9.17) is 4.98 Å². The van der Waals surface area contributed by atoms with Crippen LogP contribution in [0.3, 0.4) is 0 Å². The number of hydrogen-bond donors (Lipinski definition) is 1. The number of pyridine rings is 1. The van der Waals surface area contributed by atoms with Gasteiger partial charge < -0.3 is 15.4 Å². The molecule has 1 saturated heterocycles. The third-order valence-corrected chi connectivity index (χ3v) is 4.90. The summed E-state index contributed by atoms with van der Waals surface area (Å²) < 4.78 is 2.68. The molecule has 0 radical (unpaired) electrons. The van der Waals surface area contributed by atoms with Gasteiger partial charge in [0.25, 0.3) is 0 Å². The van der Waals surface area contributed by atoms with Crippen molar-refractivity contribution < 1.29 is 4.73 Å². The molecule has 1 fully saturated rings. The predicted molar refractivity (Wildman–Crippen MR) is 101 cm³/mol. The molecule has 0 unspecified atom stereocenters. The van der Waals surface area contributed by atoms with E-state index in [1.54, 1.807) is 12.3 Å². The van der Waals surface area contributed by atoms with Gasteiger partial charge in [-0.1, -0.05) is 6.92 Å². The zero-order chi connectivity index (χ0) is 17.9. The molecule has 0 aromatic carbocycles. The topological polar surface area (TPSA) is 72.4 Å². The molecule has 7 nitrogen and oxygen atoms in total. The number of anilines is 2. The third-order valence-electron chi connectivity index (χ3n) is 4.90. The van der Waals surface area contributed by atoms with Crippen LogP contribution in [0.15, 0.2) is 36.8 Å². The van der Waals surface area contributed by atoms with Gasteiger partial charge in [0.1, 0.15) is 11.6 Å². The average molecular weight is 352 g/mol. The lowest BCUT2D eigenvalue weighted by Crippen LogP contribution is -2.30. The van der Waals surface area contributed by atoms with Crippen molar-refractivity contribution in [3.8, 4) is 0 Å². The van der Waals surface area contributed by atoms with Crippen LogP contribution in [0.5, 0.6) is 0 Å². The molecule has 26 heavy (non-hydrogen) atoms. The molecule has 1 aliphatic rings. The molecule has 1 N–H and O–H groups in total. The highest BCUT2D eigenvalue weighted by atomic mass is 16.5. The standard InChI is InChI=1S/C19H24N6O/c1-2-16-13-21-25-17(20-12-15-7-6-10-24(26)14-15)11-18(22-19(16)25)23-8-4-3-5-9-23/h6-7,10-11,13-14,20H,2-5,8-9,12H2,1H3. The first kappa shape index (κ1) is 16.6. The molecule has 0 aliphatic carbocycles. The lowest BCUT2D eigenvalue weighted by Gasteiger charge is -2.28. The number of piperidine rings is 1. The molecular weight excluding hydrogens is 328 g/mol. The zero-order valence-electron chi connectivity index (χ0n) is 15.1. The highest BCUT2D eigenvalue weighted by Crippen LogP contribution is 2.24. The molecule has 0 saturated carbocycles. The Morgan fingerprint density at radius 1 is 1.27 bits per heavy atom. The summed E-state index contributed by atoms with van der Waals surface area (Å²) >= 11 is 0. The second-order valence-electron chi connectivity index (χ2n) is 6.73. The molecule has 3 aromatic heterocycles. The Bertz CT molecular complexity index is 900. The minimum Gasteiger partial charge on any atom is -0.619 e. The Balaban J connectivity index is 1.68. The van der Waals surface area contributed by atoms with E-state index >= 15 is 0 Å². The lowest BCUT2D eigenvalue weighted by molar-refractivity contribution is -0.605. The van der Waals surface area contributed by atoms with E-state index in [1.165, 1.54) is 25.5 Å². The monoisotopic (exact) mass is 352 g/mol. The molecule has 4 heterocycles. The number of rotatable bonds is 5. The first-order valence-electron chi connectivity index (χ1n) is 9.29. The van der Waals surface area contributed by atoms with Crippen molar-refractivity contribution in [3.05, 3.63) is 53.1 Å². The summed E-state index contributed by atoms with van der Waals surface area (Å²) in [4.78, 5) is 7.25. The van der Waals surface area contributed by atoms with E-state index in [0.717, 1.165) is 52.7 Å². The van der Waals surface area contributed by atoms with Crippen LogP contribution in [-0.2, 0) is 13.0 Å². The van der Waals surface area contributed by atoms with Gasteiger partial charge in [0.05, 0.1) is 6.20 Å². The summed E-state index contributed by atoms with van der Waals surface area (Å²) in [5.41, 5.74) is 2.98. The maximum atomic E-state index is 11.5. The summed E-state index contributed by atoms with van der Waals surface area (Å²) in [5, 5.41) is 19.4. The van der Waals surface area contributed by atoms with Gasteiger partial charge in [-0.05, 0) is 31.7 Å². The molecule has 0 amide bonds. The number of nitrogens with zero attached hydrogens (tertiary/aromatic N) is 5. The highest BCUT2D eigenvalue weighted by Gasteiger charge is 2.17. The smallest absolute Gasteiger partial charge is 0.185 e. The number of aromatic nitrogens is 4. The van der Waals surface area contributed by atoms with Crippen LogP contribution in [0.25, 0.3) is 5.65 Å². The van der Waals surface area contributed by atoms with E-state index in [-0.39, 0.29) is 0 Å². The van der Waals surface area contributed by atoms with Gasteiger partial charge in [-0.25, -0.2) is 4.98 Å². The van der Waals surface area contributed by atoms with Crippen molar-refractivity contribution in [3.63, 3.8) is 0 Å². The second kappa shape index (κ2) is 7.19. The maximum absolute atomic E-state index is 11.5. The first-order valence-corrected chi connectivity index (χ1v) is 9.29. The van der Waals surface area contributed by atoms with Crippen molar-refractivity contribution in [1.29, 1.82) is 0 Å². The number of hydrogen-bond acceptors (Lipinski definition) is 5. The summed E-state index contributed by atoms with van der Waals surface area (Å²) in [7, 11) is 0. The van der Waals surface area contributed by atoms with Gasteiger partial charge in [-0.2, -0.15) is 14.3 Å². The van der Waals surface area contributed by atoms with Crippen molar-refractivity contribution >= 4 is 17.3 Å². The largest absolute Gasteiger partial charge is 0.619 e. The number of fused-ring (bicyclic) bond motifs is 1. The van der Waals surface area contributed by atoms with Crippen molar-refractivity contribution in [2.24, 2.45) is 0 Å². The van der Waals surface area contributed by atoms with Gasteiger partial charge in [-0.15, -0.1) is 0 Å². The zero-order valence-corrected chi connectivity index (χ0v) is 15.1. The minimum absolute atomic E-state index is 0.558. The van der Waals surface area contributed by atoms with Crippen LogP contribution in [0.4, 0.5) is 11.6 Å². The number of nitrogens with one attached hydrogen (secondary N) is 1. The molecule has 3 aromatic rings. The van der Waals surface area contributed by atoms with Crippen LogP contribution in [0, 0.1) is 5.21 Å². The van der Waals surface area contributed by atoms with Crippen molar-refractivity contribution in [2.45, 2.75) is 39.2 Å². The van der Waals surface area contributed by atoms with E-state index in [1.807, 2.05) is 16.8 Å². The minimum atomic E-state index is 0.558. The Kier molecular flexibility index (Phi) is 4.60. The maximum Gasteiger partial charge on any atom is 0.185 e. The molecule has 1 aliphatic heterocycles. The van der Waals surface area contributed by atoms with Crippen LogP contribution >= 0.6 is 0 Å². The second-order valence-corrected chi connectivity index (χ2v) is 6.73. The van der Waals surface area contributed by atoms with Gasteiger partial charge >= 0.3 is 0 Å². The molecular formula is C19H24N6O. The lowest BCUT2D eigenvalue weighted by atomic mass is 10.1. The highest BCUT2D eigenvalue weighted by molar-refractivity contribution is 5.61. The third kappa shape index (κ3) is 3.29. The van der Waals surface area contributed by atoms with Crippen molar-refractivity contribution in [2.75, 3.05) is 23.3 Å². The van der Waals surface area contributed by atoms with Crippen molar-refractivity contribution in [1.82, 2.24) is 14.6 Å². The van der Waals surface area contributed by atoms with E-state index < -0.39 is 0 Å². The molecule has 0 bridgehead atoms. The van der Waals surface area contributed by atoms with E-state index in [9.17, 15) is 5.21 Å². The fourth-order valence-corrected chi connectivity index (χ4v) is 3.45. The summed E-state index contributed by atoms with van der Waals surface area (Å²) in [6, 6.07) is 5.76. The van der Waals surface area contributed by atoms with Crippen LogP contribution < -0.4 is 14.9 Å². The van der Waals surface area contributed by atoms with Crippen LogP contribution in [-0.4, -0.2) is 27.7 Å². The molecule has 136 valence electrons. The Morgan fingerprint density at radius 2 is 2.12 bits per heavy atom. The fraction of sp³-hybridized carbons (Fsp3) is 0.421. The number of aryl methyl sites for hydroxylation is 1. The van der Waals surface area contributed by atoms with E-state index in [2.05, 4.69) is 28.3 Å². The predicted octanol–water partition coefficient (Wildman–Crippen LogP) is 2.53. The summed E-state index contributed by atoms with van der Waals surface area (Å²) in [5.74, 6) is 1.90. The SMILES string of the molecule is CCc1cnn2c(NCc3ccc[n+]([O-])c3)cc(N3CCCCC3)nc12. The molecule has 7 heteroatoms. The van der Waals surface area contributed by atoms with Gasteiger partial charge in [0, 0.05) is 42.9 Å². The van der Waals surface area contributed by atoms with Gasteiger partial charge in [-0.3, -0.25) is 0 Å². The van der Waals surface area contributed by atoms with Gasteiger partial charge in [0.2, 0.25) is 0 Å². The van der Waals surface area contributed by atoms with Crippen LogP contribution in [0.1, 0.15) is 37.3 Å². The normalized spacial score (nSPS) is 14.7. The molecule has 0 atom stereocenters. The Hall–Kier alpha value is -2.83. The molecule has 4 rings (SSSR count). The summed E-state index contributed by atoms with van der Waals surface area (Å²) in [6.45, 7) is 4.78. The first-order chi connectivity index (χ1) is 12.7.